The maximum absolute atomic E-state index is 5.84. The van der Waals surface area contributed by atoms with Crippen LogP contribution in [0.15, 0.2) is 21.1 Å². The average Bonchev–Trinajstić information content (AvgIpc) is 2.31. The van der Waals surface area contributed by atoms with E-state index in [0.717, 1.165) is 27.8 Å². The molecular formula is C13H19Br2NO2. The molecule has 0 amide bonds. The fourth-order valence-corrected chi connectivity index (χ4v) is 3.03. The molecule has 0 fully saturated rings. The number of nitrogens with one attached hydrogen (secondary N) is 1. The second kappa shape index (κ2) is 8.15. The maximum atomic E-state index is 5.84. The first-order chi connectivity index (χ1) is 8.58. The van der Waals surface area contributed by atoms with Crippen molar-refractivity contribution in [2.75, 3.05) is 20.3 Å². The van der Waals surface area contributed by atoms with Crippen LogP contribution in [0.1, 0.15) is 19.4 Å². The molecule has 1 atom stereocenters. The zero-order valence-corrected chi connectivity index (χ0v) is 14.1. The highest BCUT2D eigenvalue weighted by atomic mass is 79.9. The Morgan fingerprint density at radius 2 is 1.89 bits per heavy atom. The second-order valence-electron chi connectivity index (χ2n) is 4.05. The fourth-order valence-electron chi connectivity index (χ4n) is 1.57. The van der Waals surface area contributed by atoms with Crippen LogP contribution in [0.2, 0.25) is 0 Å². The summed E-state index contributed by atoms with van der Waals surface area (Å²) in [5.41, 5.74) is 1.21. The van der Waals surface area contributed by atoms with Gasteiger partial charge >= 0.3 is 0 Å². The molecule has 0 aliphatic heterocycles. The van der Waals surface area contributed by atoms with E-state index < -0.39 is 0 Å². The molecule has 5 heteroatoms. The van der Waals surface area contributed by atoms with E-state index in [-0.39, 0.29) is 6.10 Å². The summed E-state index contributed by atoms with van der Waals surface area (Å²) in [5.74, 6) is 0.819. The first kappa shape index (κ1) is 16.0. The molecular weight excluding hydrogens is 362 g/mol. The van der Waals surface area contributed by atoms with Crippen LogP contribution < -0.4 is 10.1 Å². The van der Waals surface area contributed by atoms with E-state index in [9.17, 15) is 0 Å². The summed E-state index contributed by atoms with van der Waals surface area (Å²) < 4.78 is 12.8. The van der Waals surface area contributed by atoms with Gasteiger partial charge in [-0.25, -0.2) is 0 Å². The first-order valence-corrected chi connectivity index (χ1v) is 7.51. The Labute approximate surface area is 125 Å². The highest BCUT2D eigenvalue weighted by Gasteiger charge is 2.12. The summed E-state index contributed by atoms with van der Waals surface area (Å²) in [4.78, 5) is 0. The van der Waals surface area contributed by atoms with Gasteiger partial charge in [-0.3, -0.25) is 0 Å². The molecule has 0 aliphatic carbocycles. The number of methoxy groups -OCH3 is 1. The molecule has 1 N–H and O–H groups in total. The molecule has 0 spiro atoms. The van der Waals surface area contributed by atoms with Gasteiger partial charge in [-0.2, -0.15) is 0 Å². The highest BCUT2D eigenvalue weighted by molar-refractivity contribution is 9.11. The zero-order chi connectivity index (χ0) is 13.5. The molecule has 1 aromatic carbocycles. The lowest BCUT2D eigenvalue weighted by Crippen LogP contribution is -2.18. The van der Waals surface area contributed by atoms with Crippen molar-refractivity contribution in [2.24, 2.45) is 0 Å². The normalized spacial score (nSPS) is 12.5. The van der Waals surface area contributed by atoms with Crippen LogP contribution in [0.3, 0.4) is 0 Å². The molecule has 0 aliphatic rings. The van der Waals surface area contributed by atoms with Gasteiger partial charge in [0.2, 0.25) is 0 Å². The monoisotopic (exact) mass is 379 g/mol. The molecule has 102 valence electrons. The van der Waals surface area contributed by atoms with Crippen molar-refractivity contribution in [2.45, 2.75) is 26.5 Å². The molecule has 0 saturated carbocycles. The lowest BCUT2D eigenvalue weighted by atomic mass is 10.2. The summed E-state index contributed by atoms with van der Waals surface area (Å²) in [7, 11) is 1.67. The standard InChI is InChI=1S/C13H19Br2NO2/c1-4-16-7-10-5-11(14)13(12(15)6-10)18-9(2)8-17-3/h5-6,9,16H,4,7-8H2,1-3H3. The smallest absolute Gasteiger partial charge is 0.148 e. The molecule has 0 aromatic heterocycles. The van der Waals surface area contributed by atoms with Gasteiger partial charge < -0.3 is 14.8 Å². The molecule has 0 heterocycles. The predicted octanol–water partition coefficient (Wildman–Crippen LogP) is 3.73. The van der Waals surface area contributed by atoms with E-state index in [1.54, 1.807) is 7.11 Å². The summed E-state index contributed by atoms with van der Waals surface area (Å²) in [6, 6.07) is 4.14. The molecule has 0 bridgehead atoms. The number of halogens is 2. The number of hydrogen-bond acceptors (Lipinski definition) is 3. The van der Waals surface area contributed by atoms with Crippen LogP contribution >= 0.6 is 31.9 Å². The number of hydrogen-bond donors (Lipinski definition) is 1. The minimum absolute atomic E-state index is 0.0159. The molecule has 1 rings (SSSR count). The highest BCUT2D eigenvalue weighted by Crippen LogP contribution is 2.35. The van der Waals surface area contributed by atoms with Crippen molar-refractivity contribution >= 4 is 31.9 Å². The summed E-state index contributed by atoms with van der Waals surface area (Å²) in [6.45, 7) is 6.45. The Bertz CT molecular complexity index is 362. The van der Waals surface area contributed by atoms with Crippen molar-refractivity contribution in [3.63, 3.8) is 0 Å². The van der Waals surface area contributed by atoms with Crippen molar-refractivity contribution in [1.82, 2.24) is 5.32 Å². The fraction of sp³-hybridized carbons (Fsp3) is 0.538. The minimum atomic E-state index is 0.0159. The maximum Gasteiger partial charge on any atom is 0.148 e. The minimum Gasteiger partial charge on any atom is -0.486 e. The average molecular weight is 381 g/mol. The molecule has 1 unspecified atom stereocenters. The van der Waals surface area contributed by atoms with Crippen LogP contribution in [-0.2, 0) is 11.3 Å². The third-order valence-corrected chi connectivity index (χ3v) is 3.54. The molecule has 0 radical (unpaired) electrons. The Morgan fingerprint density at radius 1 is 1.28 bits per heavy atom. The first-order valence-electron chi connectivity index (χ1n) is 5.92. The predicted molar refractivity (Wildman–Crippen MR) is 81.2 cm³/mol. The second-order valence-corrected chi connectivity index (χ2v) is 5.76. The summed E-state index contributed by atoms with van der Waals surface area (Å²) >= 11 is 7.09. The zero-order valence-electron chi connectivity index (χ0n) is 10.9. The van der Waals surface area contributed by atoms with Gasteiger partial charge in [0.05, 0.1) is 15.6 Å². The van der Waals surface area contributed by atoms with E-state index in [1.807, 2.05) is 6.92 Å². The Morgan fingerprint density at radius 3 is 2.39 bits per heavy atom. The van der Waals surface area contributed by atoms with Gasteiger partial charge in [-0.1, -0.05) is 6.92 Å². The largest absolute Gasteiger partial charge is 0.486 e. The van der Waals surface area contributed by atoms with Crippen LogP contribution in [-0.4, -0.2) is 26.4 Å². The van der Waals surface area contributed by atoms with Gasteiger partial charge in [0, 0.05) is 13.7 Å². The molecule has 3 nitrogen and oxygen atoms in total. The lowest BCUT2D eigenvalue weighted by Gasteiger charge is -2.17. The van der Waals surface area contributed by atoms with Gasteiger partial charge in [-0.15, -0.1) is 0 Å². The molecule has 0 saturated heterocycles. The topological polar surface area (TPSA) is 30.5 Å². The Balaban J connectivity index is 2.80. The third kappa shape index (κ3) is 4.88. The van der Waals surface area contributed by atoms with Gasteiger partial charge in [0.25, 0.3) is 0 Å². The van der Waals surface area contributed by atoms with Crippen molar-refractivity contribution in [1.29, 1.82) is 0 Å². The third-order valence-electron chi connectivity index (χ3n) is 2.36. The van der Waals surface area contributed by atoms with Gasteiger partial charge in [0.1, 0.15) is 11.9 Å². The van der Waals surface area contributed by atoms with E-state index in [1.165, 1.54) is 5.56 Å². The van der Waals surface area contributed by atoms with Crippen LogP contribution in [0, 0.1) is 0 Å². The van der Waals surface area contributed by atoms with E-state index in [0.29, 0.717) is 6.61 Å². The van der Waals surface area contributed by atoms with Crippen molar-refractivity contribution < 1.29 is 9.47 Å². The van der Waals surface area contributed by atoms with E-state index >= 15 is 0 Å². The number of ether oxygens (including phenoxy) is 2. The van der Waals surface area contributed by atoms with E-state index in [4.69, 9.17) is 9.47 Å². The SMILES string of the molecule is CCNCc1cc(Br)c(OC(C)COC)c(Br)c1. The summed E-state index contributed by atoms with van der Waals surface area (Å²) in [5, 5.41) is 3.30. The Hall–Kier alpha value is -0.100. The van der Waals surface area contributed by atoms with Gasteiger partial charge in [0.15, 0.2) is 0 Å². The Kier molecular flexibility index (Phi) is 7.22. The van der Waals surface area contributed by atoms with Crippen molar-refractivity contribution in [3.05, 3.63) is 26.6 Å². The number of rotatable bonds is 7. The molecule has 1 aromatic rings. The van der Waals surface area contributed by atoms with Crippen LogP contribution in [0.25, 0.3) is 0 Å². The summed E-state index contributed by atoms with van der Waals surface area (Å²) in [6.07, 6.45) is 0.0159. The number of benzene rings is 1. The lowest BCUT2D eigenvalue weighted by molar-refractivity contribution is 0.0910. The molecule has 18 heavy (non-hydrogen) atoms. The quantitative estimate of drug-likeness (QED) is 0.781. The van der Waals surface area contributed by atoms with Crippen LogP contribution in [0.4, 0.5) is 0 Å². The van der Waals surface area contributed by atoms with Gasteiger partial charge in [-0.05, 0) is 63.0 Å². The van der Waals surface area contributed by atoms with Crippen LogP contribution in [0.5, 0.6) is 5.75 Å². The van der Waals surface area contributed by atoms with E-state index in [2.05, 4.69) is 56.2 Å². The van der Waals surface area contributed by atoms with Crippen molar-refractivity contribution in [3.8, 4) is 5.75 Å².